The molecule has 0 radical (unpaired) electrons. The Balaban J connectivity index is 1.70. The van der Waals surface area contributed by atoms with Crippen LogP contribution in [0.1, 0.15) is 32.0 Å². The Morgan fingerprint density at radius 2 is 2.00 bits per heavy atom. The molecular weight excluding hydrogens is 288 g/mol. The highest BCUT2D eigenvalue weighted by molar-refractivity contribution is 6.29. The first-order valence-corrected chi connectivity index (χ1v) is 8.12. The molecule has 6 heteroatoms. The van der Waals surface area contributed by atoms with Crippen LogP contribution in [-0.4, -0.2) is 60.3 Å². The summed E-state index contributed by atoms with van der Waals surface area (Å²) in [5.74, 6) is 2.09. The van der Waals surface area contributed by atoms with Gasteiger partial charge in [-0.15, -0.1) is 0 Å². The van der Waals surface area contributed by atoms with E-state index in [0.29, 0.717) is 17.1 Å². The van der Waals surface area contributed by atoms with Crippen molar-refractivity contribution in [3.63, 3.8) is 0 Å². The predicted molar refractivity (Wildman–Crippen MR) is 84.1 cm³/mol. The van der Waals surface area contributed by atoms with E-state index < -0.39 is 0 Å². The molecule has 1 atom stereocenters. The first-order chi connectivity index (χ1) is 10.1. The Kier molecular flexibility index (Phi) is 4.62. The van der Waals surface area contributed by atoms with Gasteiger partial charge in [0.1, 0.15) is 16.8 Å². The molecule has 2 saturated heterocycles. The van der Waals surface area contributed by atoms with Crippen molar-refractivity contribution in [3.05, 3.63) is 17.0 Å². The average Bonchev–Trinajstić information content (AvgIpc) is 2.97. The number of nitrogens with zero attached hydrogens (tertiary/aromatic N) is 4. The maximum atomic E-state index is 6.15. The molecule has 5 nitrogen and oxygen atoms in total. The van der Waals surface area contributed by atoms with Gasteiger partial charge in [0.2, 0.25) is 0 Å². The normalized spacial score (nSPS) is 24.0. The lowest BCUT2D eigenvalue weighted by molar-refractivity contribution is 0.0209. The SMILES string of the molecule is CC(C)c1nc(Cl)cc(N2CCC(N3CCOCC3)C2)n1. The van der Waals surface area contributed by atoms with E-state index >= 15 is 0 Å². The number of hydrogen-bond acceptors (Lipinski definition) is 5. The molecule has 1 unspecified atom stereocenters. The van der Waals surface area contributed by atoms with E-state index in [9.17, 15) is 0 Å². The van der Waals surface area contributed by atoms with Gasteiger partial charge in [-0.2, -0.15) is 0 Å². The van der Waals surface area contributed by atoms with Gasteiger partial charge in [0, 0.05) is 44.2 Å². The first-order valence-electron chi connectivity index (χ1n) is 7.74. The van der Waals surface area contributed by atoms with Crippen LogP contribution in [0.3, 0.4) is 0 Å². The molecule has 21 heavy (non-hydrogen) atoms. The quantitative estimate of drug-likeness (QED) is 0.800. The summed E-state index contributed by atoms with van der Waals surface area (Å²) in [6.45, 7) is 10.0. The van der Waals surface area contributed by atoms with E-state index in [2.05, 4.69) is 33.6 Å². The molecule has 0 aliphatic carbocycles. The zero-order valence-corrected chi connectivity index (χ0v) is 13.5. The minimum Gasteiger partial charge on any atom is -0.379 e. The summed E-state index contributed by atoms with van der Waals surface area (Å²) < 4.78 is 5.44. The summed E-state index contributed by atoms with van der Waals surface area (Å²) in [5.41, 5.74) is 0. The Bertz CT molecular complexity index is 491. The second-order valence-corrected chi connectivity index (χ2v) is 6.49. The Labute approximate surface area is 131 Å². The van der Waals surface area contributed by atoms with E-state index in [1.807, 2.05) is 6.07 Å². The predicted octanol–water partition coefficient (Wildman–Crippen LogP) is 2.16. The minimum absolute atomic E-state index is 0.292. The van der Waals surface area contributed by atoms with Crippen molar-refractivity contribution in [2.45, 2.75) is 32.2 Å². The number of rotatable bonds is 3. The van der Waals surface area contributed by atoms with Crippen LogP contribution >= 0.6 is 11.6 Å². The van der Waals surface area contributed by atoms with Crippen LogP contribution < -0.4 is 4.90 Å². The molecular formula is C15H23ClN4O. The lowest BCUT2D eigenvalue weighted by Gasteiger charge is -2.32. The van der Waals surface area contributed by atoms with Gasteiger partial charge in [-0.1, -0.05) is 25.4 Å². The van der Waals surface area contributed by atoms with Gasteiger partial charge in [0.15, 0.2) is 0 Å². The van der Waals surface area contributed by atoms with Crippen molar-refractivity contribution in [2.24, 2.45) is 0 Å². The van der Waals surface area contributed by atoms with Gasteiger partial charge in [0.25, 0.3) is 0 Å². The minimum atomic E-state index is 0.292. The molecule has 3 rings (SSSR count). The van der Waals surface area contributed by atoms with Crippen LogP contribution in [0, 0.1) is 0 Å². The smallest absolute Gasteiger partial charge is 0.135 e. The lowest BCUT2D eigenvalue weighted by atomic mass is 10.2. The van der Waals surface area contributed by atoms with Gasteiger partial charge >= 0.3 is 0 Å². The van der Waals surface area contributed by atoms with Crippen molar-refractivity contribution >= 4 is 17.4 Å². The van der Waals surface area contributed by atoms with Crippen LogP contribution in [0.15, 0.2) is 6.07 Å². The third-order valence-corrected chi connectivity index (χ3v) is 4.46. The Morgan fingerprint density at radius 3 is 2.71 bits per heavy atom. The molecule has 0 bridgehead atoms. The van der Waals surface area contributed by atoms with Gasteiger partial charge in [-0.3, -0.25) is 4.90 Å². The van der Waals surface area contributed by atoms with Crippen LogP contribution in [0.2, 0.25) is 5.15 Å². The summed E-state index contributed by atoms with van der Waals surface area (Å²) >= 11 is 6.15. The zero-order chi connectivity index (χ0) is 14.8. The van der Waals surface area contributed by atoms with E-state index in [1.54, 1.807) is 0 Å². The van der Waals surface area contributed by atoms with E-state index in [1.165, 1.54) is 6.42 Å². The summed E-state index contributed by atoms with van der Waals surface area (Å²) in [4.78, 5) is 13.9. The molecule has 1 aromatic heterocycles. The van der Waals surface area contributed by atoms with Gasteiger partial charge in [-0.05, 0) is 6.42 Å². The van der Waals surface area contributed by atoms with Gasteiger partial charge in [-0.25, -0.2) is 9.97 Å². The van der Waals surface area contributed by atoms with Crippen molar-refractivity contribution < 1.29 is 4.74 Å². The molecule has 2 aliphatic heterocycles. The van der Waals surface area contributed by atoms with Crippen LogP contribution in [0.4, 0.5) is 5.82 Å². The molecule has 1 aromatic rings. The highest BCUT2D eigenvalue weighted by Crippen LogP contribution is 2.25. The highest BCUT2D eigenvalue weighted by Gasteiger charge is 2.29. The fraction of sp³-hybridized carbons (Fsp3) is 0.733. The van der Waals surface area contributed by atoms with Crippen molar-refractivity contribution in [1.82, 2.24) is 14.9 Å². The topological polar surface area (TPSA) is 41.5 Å². The molecule has 0 spiro atoms. The van der Waals surface area contributed by atoms with Crippen LogP contribution in [0.25, 0.3) is 0 Å². The van der Waals surface area contributed by atoms with E-state index in [-0.39, 0.29) is 0 Å². The third-order valence-electron chi connectivity index (χ3n) is 4.26. The molecule has 0 aromatic carbocycles. The number of anilines is 1. The van der Waals surface area contributed by atoms with Crippen molar-refractivity contribution in [2.75, 3.05) is 44.3 Å². The maximum absolute atomic E-state index is 6.15. The highest BCUT2D eigenvalue weighted by atomic mass is 35.5. The summed E-state index contributed by atoms with van der Waals surface area (Å²) in [7, 11) is 0. The number of morpholine rings is 1. The Hall–Kier alpha value is -0.910. The van der Waals surface area contributed by atoms with Crippen LogP contribution in [0.5, 0.6) is 0 Å². The summed E-state index contributed by atoms with van der Waals surface area (Å²) in [6.07, 6.45) is 1.18. The van der Waals surface area contributed by atoms with Gasteiger partial charge < -0.3 is 9.64 Å². The average molecular weight is 311 g/mol. The van der Waals surface area contributed by atoms with E-state index in [0.717, 1.165) is 51.0 Å². The molecule has 116 valence electrons. The lowest BCUT2D eigenvalue weighted by Crippen LogP contribution is -2.44. The number of halogens is 1. The number of aromatic nitrogens is 2. The third kappa shape index (κ3) is 3.47. The van der Waals surface area contributed by atoms with Crippen molar-refractivity contribution in [3.8, 4) is 0 Å². The summed E-state index contributed by atoms with van der Waals surface area (Å²) in [5, 5.41) is 0.540. The largest absolute Gasteiger partial charge is 0.379 e. The standard InChI is InChI=1S/C15H23ClN4O/c1-11(2)15-17-13(16)9-14(18-15)20-4-3-12(10-20)19-5-7-21-8-6-19/h9,11-12H,3-8,10H2,1-2H3. The molecule has 3 heterocycles. The van der Waals surface area contributed by atoms with E-state index in [4.69, 9.17) is 16.3 Å². The summed E-state index contributed by atoms with van der Waals surface area (Å²) in [6, 6.07) is 2.49. The second kappa shape index (κ2) is 6.46. The molecule has 2 fully saturated rings. The van der Waals surface area contributed by atoms with Gasteiger partial charge in [0.05, 0.1) is 13.2 Å². The van der Waals surface area contributed by atoms with Crippen molar-refractivity contribution in [1.29, 1.82) is 0 Å². The molecule has 0 amide bonds. The molecule has 0 saturated carbocycles. The monoisotopic (exact) mass is 310 g/mol. The fourth-order valence-electron chi connectivity index (χ4n) is 3.03. The number of ether oxygens (including phenoxy) is 1. The molecule has 2 aliphatic rings. The molecule has 0 N–H and O–H groups in total. The fourth-order valence-corrected chi connectivity index (χ4v) is 3.22. The van der Waals surface area contributed by atoms with Crippen LogP contribution in [-0.2, 0) is 4.74 Å². The first kappa shape index (κ1) is 15.0. The number of hydrogen-bond donors (Lipinski definition) is 0. The second-order valence-electron chi connectivity index (χ2n) is 6.10. The zero-order valence-electron chi connectivity index (χ0n) is 12.8. The maximum Gasteiger partial charge on any atom is 0.135 e. The Morgan fingerprint density at radius 1 is 1.24 bits per heavy atom.